The Bertz CT molecular complexity index is 1210. The highest BCUT2D eigenvalue weighted by Crippen LogP contribution is 2.36. The van der Waals surface area contributed by atoms with Crippen LogP contribution in [-0.4, -0.2) is 58.0 Å². The van der Waals surface area contributed by atoms with Gasteiger partial charge in [0.05, 0.1) is 9.79 Å². The van der Waals surface area contributed by atoms with Crippen LogP contribution in [0.5, 0.6) is 0 Å². The third-order valence-corrected chi connectivity index (χ3v) is 7.23. The van der Waals surface area contributed by atoms with Crippen molar-refractivity contribution < 1.29 is 39.9 Å². The summed E-state index contributed by atoms with van der Waals surface area (Å²) >= 11 is 0. The van der Waals surface area contributed by atoms with Crippen molar-refractivity contribution in [2.45, 2.75) is 28.5 Å². The van der Waals surface area contributed by atoms with Crippen LogP contribution in [-0.2, 0) is 24.8 Å². The molecule has 0 aliphatic carbocycles. The highest BCUT2D eigenvalue weighted by atomic mass is 32.2. The predicted octanol–water partition coefficient (Wildman–Crippen LogP) is 1.56. The molecule has 0 aliphatic heterocycles. The second-order valence-electron chi connectivity index (χ2n) is 7.03. The molecular formula is C18H20F3N3O6S2. The van der Waals surface area contributed by atoms with Crippen molar-refractivity contribution in [3.05, 3.63) is 48.5 Å². The average Bonchev–Trinajstić information content (AvgIpc) is 2.67. The van der Waals surface area contributed by atoms with Crippen LogP contribution in [0.4, 0.5) is 24.5 Å². The monoisotopic (exact) mass is 495 g/mol. The van der Waals surface area contributed by atoms with E-state index in [1.807, 2.05) is 0 Å². The van der Waals surface area contributed by atoms with Crippen molar-refractivity contribution in [3.8, 4) is 0 Å². The number of halogens is 3. The Morgan fingerprint density at radius 2 is 1.25 bits per heavy atom. The summed E-state index contributed by atoms with van der Waals surface area (Å²) in [7, 11) is -5.41. The Balaban J connectivity index is 2.66. The molecule has 1 atom stereocenters. The highest BCUT2D eigenvalue weighted by Gasteiger charge is 2.57. The second-order valence-corrected chi connectivity index (χ2v) is 10.7. The van der Waals surface area contributed by atoms with Gasteiger partial charge >= 0.3 is 6.18 Å². The summed E-state index contributed by atoms with van der Waals surface area (Å²) in [6.45, 7) is 0.270. The number of alkyl halides is 3. The molecule has 14 heteroatoms. The van der Waals surface area contributed by atoms with Crippen LogP contribution in [0.2, 0.25) is 0 Å². The van der Waals surface area contributed by atoms with Gasteiger partial charge in [0.15, 0.2) is 0 Å². The Labute approximate surface area is 183 Å². The number of carbonyl (C=O) groups excluding carboxylic acids is 1. The van der Waals surface area contributed by atoms with E-state index >= 15 is 0 Å². The minimum Gasteiger partial charge on any atom is -0.373 e. The predicted molar refractivity (Wildman–Crippen MR) is 109 cm³/mol. The maximum absolute atomic E-state index is 13.3. The van der Waals surface area contributed by atoms with Gasteiger partial charge in [-0.05, 0) is 55.5 Å². The van der Waals surface area contributed by atoms with E-state index < -0.39 is 37.7 Å². The minimum atomic E-state index is -5.34. The SMILES string of the molecule is CN(C)S(=O)(=O)c1ccc(N(C(=O)C(C)(O)C(F)(F)F)c2ccc(S(N)(=O)=O)cc2)cc1. The lowest BCUT2D eigenvalue weighted by atomic mass is 10.0. The van der Waals surface area contributed by atoms with Crippen LogP contribution in [0.1, 0.15) is 6.92 Å². The van der Waals surface area contributed by atoms with E-state index in [0.29, 0.717) is 4.90 Å². The number of hydrogen-bond donors (Lipinski definition) is 2. The quantitative estimate of drug-likeness (QED) is 0.624. The van der Waals surface area contributed by atoms with Crippen LogP contribution in [0, 0.1) is 0 Å². The van der Waals surface area contributed by atoms with Gasteiger partial charge in [0, 0.05) is 25.5 Å². The van der Waals surface area contributed by atoms with Crippen LogP contribution < -0.4 is 10.0 Å². The standard InChI is InChI=1S/C18H20F3N3O6S2/c1-17(26,18(19,20)21)16(25)24(12-4-8-14(9-5-12)31(22,27)28)13-6-10-15(11-7-13)32(29,30)23(2)3/h4-11,26H,1-3H3,(H2,22,27,28). The van der Waals surface area contributed by atoms with Crippen molar-refractivity contribution in [3.63, 3.8) is 0 Å². The van der Waals surface area contributed by atoms with E-state index in [-0.39, 0.29) is 28.1 Å². The summed E-state index contributed by atoms with van der Waals surface area (Å²) in [6, 6.07) is 8.29. The van der Waals surface area contributed by atoms with E-state index in [1.54, 1.807) is 0 Å². The number of primary sulfonamides is 1. The molecule has 0 heterocycles. The van der Waals surface area contributed by atoms with Crippen LogP contribution in [0.3, 0.4) is 0 Å². The van der Waals surface area contributed by atoms with Gasteiger partial charge < -0.3 is 5.11 Å². The smallest absolute Gasteiger partial charge is 0.373 e. The molecular weight excluding hydrogens is 475 g/mol. The summed E-state index contributed by atoms with van der Waals surface area (Å²) < 4.78 is 88.2. The first-order valence-electron chi connectivity index (χ1n) is 8.70. The normalized spacial score (nSPS) is 14.8. The number of nitrogens with two attached hydrogens (primary N) is 1. The molecule has 1 unspecified atom stereocenters. The van der Waals surface area contributed by atoms with E-state index in [2.05, 4.69) is 0 Å². The topological polar surface area (TPSA) is 138 Å². The molecule has 2 rings (SSSR count). The Morgan fingerprint density at radius 3 is 1.56 bits per heavy atom. The first-order valence-corrected chi connectivity index (χ1v) is 11.7. The molecule has 2 aromatic carbocycles. The molecule has 2 aromatic rings. The Kier molecular flexibility index (Phi) is 6.79. The van der Waals surface area contributed by atoms with Crippen molar-refractivity contribution in [2.75, 3.05) is 19.0 Å². The number of carbonyl (C=O) groups is 1. The molecule has 0 aliphatic rings. The lowest BCUT2D eigenvalue weighted by Gasteiger charge is -2.32. The van der Waals surface area contributed by atoms with Gasteiger partial charge in [-0.15, -0.1) is 0 Å². The van der Waals surface area contributed by atoms with E-state index in [0.717, 1.165) is 52.8 Å². The number of hydrogen-bond acceptors (Lipinski definition) is 6. The molecule has 0 fully saturated rings. The summed E-state index contributed by atoms with van der Waals surface area (Å²) in [4.78, 5) is 12.7. The fourth-order valence-corrected chi connectivity index (χ4v) is 3.90. The van der Waals surface area contributed by atoms with Gasteiger partial charge in [0.25, 0.3) is 5.91 Å². The fourth-order valence-electron chi connectivity index (χ4n) is 2.49. The Morgan fingerprint density at radius 1 is 0.875 bits per heavy atom. The lowest BCUT2D eigenvalue weighted by molar-refractivity contribution is -0.243. The van der Waals surface area contributed by atoms with Crippen LogP contribution >= 0.6 is 0 Å². The molecule has 3 N–H and O–H groups in total. The van der Waals surface area contributed by atoms with E-state index in [9.17, 15) is 39.9 Å². The maximum Gasteiger partial charge on any atom is 0.426 e. The lowest BCUT2D eigenvalue weighted by Crippen LogP contribution is -2.55. The number of aliphatic hydroxyl groups is 1. The number of amides is 1. The molecule has 0 spiro atoms. The van der Waals surface area contributed by atoms with Crippen molar-refractivity contribution >= 4 is 37.3 Å². The number of benzene rings is 2. The molecule has 0 saturated carbocycles. The third-order valence-electron chi connectivity index (χ3n) is 4.47. The number of rotatable bonds is 6. The molecule has 32 heavy (non-hydrogen) atoms. The van der Waals surface area contributed by atoms with E-state index in [4.69, 9.17) is 5.14 Å². The summed E-state index contributed by atoms with van der Waals surface area (Å²) in [5, 5.41) is 14.9. The number of anilines is 2. The second kappa shape index (κ2) is 8.44. The van der Waals surface area contributed by atoms with E-state index in [1.165, 1.54) is 14.1 Å². The highest BCUT2D eigenvalue weighted by molar-refractivity contribution is 7.89. The number of sulfonamides is 2. The molecule has 9 nitrogen and oxygen atoms in total. The first-order chi connectivity index (χ1) is 14.4. The van der Waals surface area contributed by atoms with Crippen molar-refractivity contribution in [2.24, 2.45) is 5.14 Å². The first kappa shape index (κ1) is 25.7. The van der Waals surface area contributed by atoms with Crippen molar-refractivity contribution in [1.29, 1.82) is 0 Å². The molecule has 0 saturated heterocycles. The summed E-state index contributed by atoms with van der Waals surface area (Å²) in [5.41, 5.74) is -4.24. The number of nitrogens with zero attached hydrogens (tertiary/aromatic N) is 2. The summed E-state index contributed by atoms with van der Waals surface area (Å²) in [5.74, 6) is -1.79. The van der Waals surface area contributed by atoms with Crippen molar-refractivity contribution in [1.82, 2.24) is 4.31 Å². The molecule has 0 aromatic heterocycles. The zero-order chi connectivity index (χ0) is 24.7. The van der Waals surface area contributed by atoms with Gasteiger partial charge in [-0.3, -0.25) is 9.69 Å². The molecule has 0 radical (unpaired) electrons. The van der Waals surface area contributed by atoms with Crippen LogP contribution in [0.15, 0.2) is 58.3 Å². The Hall–Kier alpha value is -2.52. The van der Waals surface area contributed by atoms with Gasteiger partial charge in [0.2, 0.25) is 25.6 Å². The molecule has 176 valence electrons. The molecule has 1 amide bonds. The minimum absolute atomic E-state index is 0.189. The zero-order valence-electron chi connectivity index (χ0n) is 17.0. The van der Waals surface area contributed by atoms with Gasteiger partial charge in [0.1, 0.15) is 0 Å². The van der Waals surface area contributed by atoms with Gasteiger partial charge in [-0.1, -0.05) is 0 Å². The maximum atomic E-state index is 13.3. The average molecular weight is 496 g/mol. The molecule has 0 bridgehead atoms. The fraction of sp³-hybridized carbons (Fsp3) is 0.278. The zero-order valence-corrected chi connectivity index (χ0v) is 18.7. The van der Waals surface area contributed by atoms with Crippen LogP contribution in [0.25, 0.3) is 0 Å². The largest absolute Gasteiger partial charge is 0.426 e. The summed E-state index contributed by atoms with van der Waals surface area (Å²) in [6.07, 6.45) is -5.34. The van der Waals surface area contributed by atoms with Gasteiger partial charge in [-0.2, -0.15) is 13.2 Å². The third kappa shape index (κ3) is 4.94. The van der Waals surface area contributed by atoms with Gasteiger partial charge in [-0.25, -0.2) is 26.3 Å².